The van der Waals surface area contributed by atoms with Crippen LogP contribution in [0, 0.1) is 0 Å². The highest BCUT2D eigenvalue weighted by Crippen LogP contribution is 2.23. The summed E-state index contributed by atoms with van der Waals surface area (Å²) in [7, 11) is 0. The molecular weight excluding hydrogens is 532 g/mol. The van der Waals surface area contributed by atoms with E-state index in [4.69, 9.17) is 4.74 Å². The predicted molar refractivity (Wildman–Crippen MR) is 185 cm³/mol. The minimum atomic E-state index is -1.97. The second kappa shape index (κ2) is 32.0. The van der Waals surface area contributed by atoms with Crippen molar-refractivity contribution in [1.29, 1.82) is 0 Å². The van der Waals surface area contributed by atoms with E-state index in [-0.39, 0.29) is 25.2 Å². The van der Waals surface area contributed by atoms with Crippen LogP contribution in [0.1, 0.15) is 201 Å². The molecule has 0 aromatic rings. The first-order valence-electron chi connectivity index (χ1n) is 18.8. The van der Waals surface area contributed by atoms with Gasteiger partial charge in [0.05, 0.1) is 6.61 Å². The molecule has 1 atom stereocenters. The van der Waals surface area contributed by atoms with E-state index >= 15 is 0 Å². The van der Waals surface area contributed by atoms with E-state index in [1.54, 1.807) is 0 Å². The van der Waals surface area contributed by atoms with Crippen molar-refractivity contribution in [3.05, 3.63) is 24.3 Å². The molecule has 43 heavy (non-hydrogen) atoms. The van der Waals surface area contributed by atoms with Crippen molar-refractivity contribution in [3.8, 4) is 0 Å². The molecule has 0 radical (unpaired) electrons. The first-order chi connectivity index (χ1) is 21.0. The summed E-state index contributed by atoms with van der Waals surface area (Å²) in [5, 5.41) is 11.1. The quantitative estimate of drug-likeness (QED) is 0.0350. The molecule has 1 unspecified atom stereocenters. The van der Waals surface area contributed by atoms with Crippen LogP contribution < -0.4 is 0 Å². The summed E-state index contributed by atoms with van der Waals surface area (Å²) in [5.41, 5.74) is -1.97. The molecule has 4 nitrogen and oxygen atoms in total. The second-order valence-corrected chi connectivity index (χ2v) is 12.7. The molecule has 0 fully saturated rings. The van der Waals surface area contributed by atoms with Crippen molar-refractivity contribution in [1.82, 2.24) is 0 Å². The van der Waals surface area contributed by atoms with Crippen LogP contribution >= 0.6 is 0 Å². The zero-order valence-corrected chi connectivity index (χ0v) is 29.0. The van der Waals surface area contributed by atoms with E-state index in [1.165, 1.54) is 96.3 Å². The molecule has 0 saturated heterocycles. The number of hydrogen-bond donors (Lipinski definition) is 1. The fourth-order valence-electron chi connectivity index (χ4n) is 5.55. The number of hydrogen-bond acceptors (Lipinski definition) is 4. The first kappa shape index (κ1) is 41.6. The maximum Gasteiger partial charge on any atom is 0.345 e. The third kappa shape index (κ3) is 25.6. The molecule has 0 aliphatic carbocycles. The van der Waals surface area contributed by atoms with Gasteiger partial charge in [0.25, 0.3) is 0 Å². The molecule has 0 rings (SSSR count). The van der Waals surface area contributed by atoms with Gasteiger partial charge >= 0.3 is 5.97 Å². The Balaban J connectivity index is 4.08. The standard InChI is InChI=1S/C39H72O4/c1-4-7-9-11-13-15-17-19-21-22-24-26-28-30-32-34-37(40)39(42,38(41)43-36-6-3)35-33-31-29-27-25-23-20-18-16-14-12-10-8-5-2/h13,15,19,21,42H,4-12,14,16-18,20,22-36H2,1-3H3/b15-13-,21-19-. The molecule has 0 aliphatic rings. The van der Waals surface area contributed by atoms with Crippen LogP contribution in [0.15, 0.2) is 24.3 Å². The zero-order valence-electron chi connectivity index (χ0n) is 29.0. The number of rotatable bonds is 33. The average Bonchev–Trinajstić information content (AvgIpc) is 3.01. The number of unbranched alkanes of at least 4 members (excludes halogenated alkanes) is 21. The van der Waals surface area contributed by atoms with Crippen LogP contribution in [0.2, 0.25) is 0 Å². The molecule has 252 valence electrons. The number of carbonyl (C=O) groups is 2. The maximum absolute atomic E-state index is 13.0. The molecule has 0 amide bonds. The van der Waals surface area contributed by atoms with Crippen LogP contribution in [-0.2, 0) is 14.3 Å². The lowest BCUT2D eigenvalue weighted by Gasteiger charge is -2.24. The van der Waals surface area contributed by atoms with Gasteiger partial charge in [0.15, 0.2) is 5.78 Å². The Bertz CT molecular complexity index is 683. The lowest BCUT2D eigenvalue weighted by Crippen LogP contribution is -2.47. The highest BCUT2D eigenvalue weighted by molar-refractivity contribution is 6.06. The molecule has 0 spiro atoms. The van der Waals surface area contributed by atoms with Crippen molar-refractivity contribution < 1.29 is 19.4 Å². The Labute approximate surface area is 267 Å². The van der Waals surface area contributed by atoms with Crippen LogP contribution in [-0.4, -0.2) is 29.1 Å². The molecule has 0 aromatic carbocycles. The summed E-state index contributed by atoms with van der Waals surface area (Å²) in [6.07, 6.45) is 39.9. The van der Waals surface area contributed by atoms with Crippen molar-refractivity contribution in [3.63, 3.8) is 0 Å². The van der Waals surface area contributed by atoms with E-state index in [0.717, 1.165) is 57.8 Å². The smallest absolute Gasteiger partial charge is 0.345 e. The Morgan fingerprint density at radius 2 is 0.953 bits per heavy atom. The molecule has 0 bridgehead atoms. The topological polar surface area (TPSA) is 63.6 Å². The highest BCUT2D eigenvalue weighted by Gasteiger charge is 2.43. The fourth-order valence-corrected chi connectivity index (χ4v) is 5.55. The second-order valence-electron chi connectivity index (χ2n) is 12.7. The van der Waals surface area contributed by atoms with Gasteiger partial charge in [-0.05, 0) is 57.8 Å². The van der Waals surface area contributed by atoms with Crippen molar-refractivity contribution in [2.45, 2.75) is 206 Å². The number of esters is 1. The largest absolute Gasteiger partial charge is 0.463 e. The molecule has 0 saturated carbocycles. The fraction of sp³-hybridized carbons (Fsp3) is 0.846. The third-order valence-corrected chi connectivity index (χ3v) is 8.48. The van der Waals surface area contributed by atoms with Gasteiger partial charge < -0.3 is 9.84 Å². The summed E-state index contributed by atoms with van der Waals surface area (Å²) in [4.78, 5) is 25.7. The lowest BCUT2D eigenvalue weighted by atomic mass is 9.88. The number of carbonyl (C=O) groups excluding carboxylic acids is 2. The Hall–Kier alpha value is -1.42. The SMILES string of the molecule is CCCCC/C=C\C/C=C\CCCCCCCC(=O)C(O)(CCCCCCCCCCCCCCCC)C(=O)OCCC. The third-order valence-electron chi connectivity index (χ3n) is 8.48. The number of aliphatic hydroxyl groups is 1. The van der Waals surface area contributed by atoms with E-state index < -0.39 is 11.6 Å². The van der Waals surface area contributed by atoms with Gasteiger partial charge in [0.2, 0.25) is 5.60 Å². The number of ether oxygens (including phenoxy) is 1. The summed E-state index contributed by atoms with van der Waals surface area (Å²) in [6, 6.07) is 0. The minimum Gasteiger partial charge on any atom is -0.463 e. The number of ketones is 1. The molecule has 0 aromatic heterocycles. The van der Waals surface area contributed by atoms with Gasteiger partial charge in [0.1, 0.15) is 0 Å². The molecule has 0 heterocycles. The van der Waals surface area contributed by atoms with E-state index in [2.05, 4.69) is 38.2 Å². The van der Waals surface area contributed by atoms with Gasteiger partial charge in [-0.3, -0.25) is 4.79 Å². The van der Waals surface area contributed by atoms with E-state index in [0.29, 0.717) is 12.8 Å². The summed E-state index contributed by atoms with van der Waals surface area (Å²) in [5.74, 6) is -1.09. The zero-order chi connectivity index (χ0) is 31.7. The van der Waals surface area contributed by atoms with Crippen molar-refractivity contribution in [2.75, 3.05) is 6.61 Å². The van der Waals surface area contributed by atoms with Gasteiger partial charge in [-0.2, -0.15) is 0 Å². The summed E-state index contributed by atoms with van der Waals surface area (Å²) >= 11 is 0. The van der Waals surface area contributed by atoms with Crippen molar-refractivity contribution in [2.24, 2.45) is 0 Å². The molecule has 0 aliphatic heterocycles. The molecule has 1 N–H and O–H groups in total. The van der Waals surface area contributed by atoms with Gasteiger partial charge in [-0.25, -0.2) is 4.79 Å². The predicted octanol–water partition coefficient (Wildman–Crippen LogP) is 11.9. The van der Waals surface area contributed by atoms with Crippen LogP contribution in [0.5, 0.6) is 0 Å². The number of Topliss-reactive ketones (excluding diaryl/α,β-unsaturated/α-hetero) is 1. The van der Waals surface area contributed by atoms with Gasteiger partial charge in [-0.15, -0.1) is 0 Å². The normalized spacial score (nSPS) is 13.2. The summed E-state index contributed by atoms with van der Waals surface area (Å²) in [6.45, 7) is 6.67. The monoisotopic (exact) mass is 605 g/mol. The van der Waals surface area contributed by atoms with E-state index in [9.17, 15) is 14.7 Å². The summed E-state index contributed by atoms with van der Waals surface area (Å²) < 4.78 is 5.26. The maximum atomic E-state index is 13.0. The van der Waals surface area contributed by atoms with E-state index in [1.807, 2.05) is 6.92 Å². The Morgan fingerprint density at radius 3 is 1.47 bits per heavy atom. The Morgan fingerprint density at radius 1 is 0.535 bits per heavy atom. The van der Waals surface area contributed by atoms with Crippen LogP contribution in [0.4, 0.5) is 0 Å². The van der Waals surface area contributed by atoms with Gasteiger partial charge in [0, 0.05) is 6.42 Å². The Kier molecular flexibility index (Phi) is 30.9. The van der Waals surface area contributed by atoms with Crippen LogP contribution in [0.3, 0.4) is 0 Å². The van der Waals surface area contributed by atoms with Gasteiger partial charge in [-0.1, -0.05) is 161 Å². The number of allylic oxidation sites excluding steroid dienone is 4. The highest BCUT2D eigenvalue weighted by atomic mass is 16.5. The molecular formula is C39H72O4. The molecule has 4 heteroatoms. The van der Waals surface area contributed by atoms with Crippen LogP contribution in [0.25, 0.3) is 0 Å². The first-order valence-corrected chi connectivity index (χ1v) is 18.8. The van der Waals surface area contributed by atoms with Crippen molar-refractivity contribution >= 4 is 11.8 Å². The minimum absolute atomic E-state index is 0.187. The average molecular weight is 605 g/mol. The lowest BCUT2D eigenvalue weighted by molar-refractivity contribution is -0.171.